The van der Waals surface area contributed by atoms with E-state index in [1.165, 1.54) is 5.56 Å². The van der Waals surface area contributed by atoms with Gasteiger partial charge in [-0.2, -0.15) is 0 Å². The minimum atomic E-state index is -0.0339. The molecule has 1 heterocycles. The van der Waals surface area contributed by atoms with Crippen LogP contribution in [0.15, 0.2) is 36.4 Å². The fourth-order valence-corrected chi connectivity index (χ4v) is 3.91. The molecule has 0 spiro atoms. The van der Waals surface area contributed by atoms with Crippen molar-refractivity contribution in [1.82, 2.24) is 0 Å². The number of benzene rings is 2. The fraction of sp³-hybridized carbons (Fsp3) is 0.600. The molecule has 0 aromatic heterocycles. The number of hydrogen-bond donors (Lipinski definition) is 0. The molecule has 0 saturated carbocycles. The highest BCUT2D eigenvalue weighted by atomic mass is 16.6. The average Bonchev–Trinajstić information content (AvgIpc) is 2.87. The quantitative estimate of drug-likeness (QED) is 0.489. The molecule has 0 unspecified atom stereocenters. The minimum absolute atomic E-state index is 0.0339. The average molecular weight is 501 g/mol. The second-order valence-corrected chi connectivity index (χ2v) is 10.4. The number of ether oxygens (including phenoxy) is 6. The van der Waals surface area contributed by atoms with E-state index in [0.717, 1.165) is 41.4 Å². The summed E-state index contributed by atoms with van der Waals surface area (Å²) in [5, 5.41) is 0. The van der Waals surface area contributed by atoms with Gasteiger partial charge in [0.05, 0.1) is 26.4 Å². The molecule has 0 aliphatic carbocycles. The number of rotatable bonds is 4. The first-order valence-corrected chi connectivity index (χ1v) is 13.2. The Morgan fingerprint density at radius 1 is 0.583 bits per heavy atom. The highest BCUT2D eigenvalue weighted by Crippen LogP contribution is 2.40. The van der Waals surface area contributed by atoms with Gasteiger partial charge in [0.2, 0.25) is 0 Å². The van der Waals surface area contributed by atoms with Gasteiger partial charge in [0.15, 0.2) is 23.0 Å². The molecule has 3 rings (SSSR count). The van der Waals surface area contributed by atoms with Crippen molar-refractivity contribution in [2.45, 2.75) is 65.2 Å². The Hall–Kier alpha value is -2.44. The zero-order valence-electron chi connectivity index (χ0n) is 23.0. The highest BCUT2D eigenvalue weighted by Gasteiger charge is 2.25. The lowest BCUT2D eigenvalue weighted by Crippen LogP contribution is -2.20. The Morgan fingerprint density at radius 2 is 1.14 bits per heavy atom. The van der Waals surface area contributed by atoms with E-state index in [1.807, 2.05) is 18.2 Å². The van der Waals surface area contributed by atoms with Crippen LogP contribution in [0.25, 0.3) is 0 Å². The Morgan fingerprint density at radius 3 is 1.75 bits per heavy atom. The van der Waals surface area contributed by atoms with Gasteiger partial charge in [0, 0.05) is 5.56 Å². The molecular weight excluding hydrogens is 456 g/mol. The summed E-state index contributed by atoms with van der Waals surface area (Å²) in [7, 11) is 0. The van der Waals surface area contributed by atoms with Crippen LogP contribution in [0.3, 0.4) is 0 Å². The maximum Gasteiger partial charge on any atom is 0.165 e. The standard InChI is InChI=1S/C30H44O6/c1-7-29(3,4)23-12-13-25-27(22-23)35-20-16-31-15-19-34-26-11-9-10-24(30(5,6)8-2)28(26)36-21-17-32-14-18-33-25/h9-13,22H,7-8,14-21H2,1-6H3. The number of para-hydroxylation sites is 1. The maximum atomic E-state index is 6.21. The smallest absolute Gasteiger partial charge is 0.165 e. The summed E-state index contributed by atoms with van der Waals surface area (Å²) in [6.45, 7) is 16.8. The van der Waals surface area contributed by atoms with E-state index in [4.69, 9.17) is 28.4 Å². The van der Waals surface area contributed by atoms with E-state index >= 15 is 0 Å². The van der Waals surface area contributed by atoms with E-state index in [9.17, 15) is 0 Å². The summed E-state index contributed by atoms with van der Waals surface area (Å²) in [5.41, 5.74) is 2.39. The molecule has 1 aliphatic heterocycles. The van der Waals surface area contributed by atoms with E-state index in [-0.39, 0.29) is 10.8 Å². The predicted octanol–water partition coefficient (Wildman–Crippen LogP) is 6.32. The second-order valence-electron chi connectivity index (χ2n) is 10.4. The van der Waals surface area contributed by atoms with Crippen molar-refractivity contribution < 1.29 is 28.4 Å². The van der Waals surface area contributed by atoms with Crippen molar-refractivity contribution in [2.75, 3.05) is 52.9 Å². The third-order valence-electron chi connectivity index (χ3n) is 7.13. The summed E-state index contributed by atoms with van der Waals surface area (Å²) in [4.78, 5) is 0. The lowest BCUT2D eigenvalue weighted by molar-refractivity contribution is 0.0635. The van der Waals surface area contributed by atoms with Crippen molar-refractivity contribution in [1.29, 1.82) is 0 Å². The lowest BCUT2D eigenvalue weighted by Gasteiger charge is -2.27. The van der Waals surface area contributed by atoms with Crippen molar-refractivity contribution in [2.24, 2.45) is 0 Å². The topological polar surface area (TPSA) is 55.4 Å². The van der Waals surface area contributed by atoms with Gasteiger partial charge in [-0.1, -0.05) is 59.7 Å². The first-order chi connectivity index (χ1) is 17.3. The van der Waals surface area contributed by atoms with Gasteiger partial charge >= 0.3 is 0 Å². The summed E-state index contributed by atoms with van der Waals surface area (Å²) in [5.74, 6) is 2.97. The molecule has 2 aromatic rings. The van der Waals surface area contributed by atoms with E-state index in [1.54, 1.807) is 0 Å². The largest absolute Gasteiger partial charge is 0.487 e. The molecule has 0 radical (unpaired) electrons. The molecule has 0 atom stereocenters. The second kappa shape index (κ2) is 13.2. The molecule has 200 valence electrons. The van der Waals surface area contributed by atoms with Gasteiger partial charge in [0.1, 0.15) is 26.4 Å². The van der Waals surface area contributed by atoms with Gasteiger partial charge in [-0.3, -0.25) is 0 Å². The van der Waals surface area contributed by atoms with Crippen LogP contribution in [-0.4, -0.2) is 52.9 Å². The first kappa shape index (κ1) is 28.1. The molecule has 2 aromatic carbocycles. The Labute approximate surface area is 217 Å². The Bertz CT molecular complexity index is 946. The number of hydrogen-bond acceptors (Lipinski definition) is 6. The van der Waals surface area contributed by atoms with Crippen molar-refractivity contribution in [3.63, 3.8) is 0 Å². The molecule has 0 bridgehead atoms. The molecule has 0 saturated heterocycles. The van der Waals surface area contributed by atoms with Crippen LogP contribution in [-0.2, 0) is 20.3 Å². The summed E-state index contributed by atoms with van der Waals surface area (Å²) in [6.07, 6.45) is 2.02. The van der Waals surface area contributed by atoms with Crippen LogP contribution in [0, 0.1) is 0 Å². The van der Waals surface area contributed by atoms with E-state index < -0.39 is 0 Å². The molecular formula is C30H44O6. The van der Waals surface area contributed by atoms with Gasteiger partial charge < -0.3 is 28.4 Å². The Balaban J connectivity index is 1.70. The normalized spacial score (nSPS) is 16.6. The SMILES string of the molecule is CCC(C)(C)c1ccc2c(c1)OCCOCCOc1cccc(C(C)(C)CC)c1OCCOCCO2. The third-order valence-corrected chi connectivity index (χ3v) is 7.13. The van der Waals surface area contributed by atoms with E-state index in [0.29, 0.717) is 52.9 Å². The predicted molar refractivity (Wildman–Crippen MR) is 143 cm³/mol. The van der Waals surface area contributed by atoms with Crippen LogP contribution in [0.2, 0.25) is 0 Å². The molecule has 36 heavy (non-hydrogen) atoms. The van der Waals surface area contributed by atoms with Gasteiger partial charge in [-0.15, -0.1) is 0 Å². The van der Waals surface area contributed by atoms with Gasteiger partial charge in [0.25, 0.3) is 0 Å². The Kier molecular flexibility index (Phi) is 10.3. The zero-order chi connectivity index (χ0) is 26.0. The summed E-state index contributed by atoms with van der Waals surface area (Å²) >= 11 is 0. The monoisotopic (exact) mass is 500 g/mol. The highest BCUT2D eigenvalue weighted by molar-refractivity contribution is 5.50. The van der Waals surface area contributed by atoms with Crippen LogP contribution in [0.4, 0.5) is 0 Å². The van der Waals surface area contributed by atoms with Gasteiger partial charge in [-0.05, 0) is 47.4 Å². The minimum Gasteiger partial charge on any atom is -0.487 e. The van der Waals surface area contributed by atoms with Crippen LogP contribution < -0.4 is 18.9 Å². The van der Waals surface area contributed by atoms with Crippen LogP contribution >= 0.6 is 0 Å². The molecule has 6 nitrogen and oxygen atoms in total. The first-order valence-electron chi connectivity index (χ1n) is 13.2. The van der Waals surface area contributed by atoms with Gasteiger partial charge in [-0.25, -0.2) is 0 Å². The van der Waals surface area contributed by atoms with E-state index in [2.05, 4.69) is 59.7 Å². The summed E-state index contributed by atoms with van der Waals surface area (Å²) < 4.78 is 36.0. The number of fused-ring (bicyclic) bond motifs is 2. The van der Waals surface area contributed by atoms with Crippen molar-refractivity contribution in [3.8, 4) is 23.0 Å². The van der Waals surface area contributed by atoms with Crippen molar-refractivity contribution >= 4 is 0 Å². The van der Waals surface area contributed by atoms with Crippen LogP contribution in [0.1, 0.15) is 65.5 Å². The van der Waals surface area contributed by atoms with Crippen LogP contribution in [0.5, 0.6) is 23.0 Å². The molecule has 0 N–H and O–H groups in total. The lowest BCUT2D eigenvalue weighted by atomic mass is 9.81. The summed E-state index contributed by atoms with van der Waals surface area (Å²) in [6, 6.07) is 12.3. The third kappa shape index (κ3) is 7.53. The zero-order valence-corrected chi connectivity index (χ0v) is 23.0. The molecule has 1 aliphatic rings. The maximum absolute atomic E-state index is 6.21. The fourth-order valence-electron chi connectivity index (χ4n) is 3.91. The molecule has 0 fully saturated rings. The molecule has 6 heteroatoms. The molecule has 0 amide bonds. The van der Waals surface area contributed by atoms with Crippen molar-refractivity contribution in [3.05, 3.63) is 47.5 Å².